The van der Waals surface area contributed by atoms with Crippen molar-refractivity contribution in [3.05, 3.63) is 30.1 Å². The first kappa shape index (κ1) is 11.7. The molecule has 0 aliphatic rings. The maximum atomic E-state index is 11.5. The van der Waals surface area contributed by atoms with Crippen LogP contribution in [0.4, 0.5) is 0 Å². The second kappa shape index (κ2) is 6.95. The van der Waals surface area contributed by atoms with Crippen LogP contribution in [0.1, 0.15) is 29.6 Å². The maximum absolute atomic E-state index is 11.5. The average molecular weight is 208 g/mol. The highest BCUT2D eigenvalue weighted by Gasteiger charge is 2.02. The second-order valence-electron chi connectivity index (χ2n) is 3.28. The van der Waals surface area contributed by atoms with E-state index in [0.717, 1.165) is 19.3 Å². The standard InChI is InChI=1S/C11H16N2O2/c14-8-3-1-2-7-13-11(15)10-5-4-6-12-9-10/h4-6,9,14H,1-3,7-8H2,(H,13,15). The van der Waals surface area contributed by atoms with Crippen molar-refractivity contribution in [2.45, 2.75) is 19.3 Å². The van der Waals surface area contributed by atoms with Crippen LogP contribution in [0.25, 0.3) is 0 Å². The summed E-state index contributed by atoms with van der Waals surface area (Å²) < 4.78 is 0. The third-order valence-corrected chi connectivity index (χ3v) is 2.04. The van der Waals surface area contributed by atoms with Gasteiger partial charge in [0.1, 0.15) is 0 Å². The van der Waals surface area contributed by atoms with Gasteiger partial charge in [-0.25, -0.2) is 0 Å². The van der Waals surface area contributed by atoms with E-state index in [1.165, 1.54) is 0 Å². The number of hydrogen-bond acceptors (Lipinski definition) is 3. The van der Waals surface area contributed by atoms with E-state index in [1.807, 2.05) is 0 Å². The number of nitrogens with zero attached hydrogens (tertiary/aromatic N) is 1. The number of carbonyl (C=O) groups is 1. The molecule has 0 unspecified atom stereocenters. The average Bonchev–Trinajstić information content (AvgIpc) is 2.30. The van der Waals surface area contributed by atoms with Crippen LogP contribution in [0.15, 0.2) is 24.5 Å². The molecular weight excluding hydrogens is 192 g/mol. The molecule has 1 aromatic rings. The number of rotatable bonds is 6. The summed E-state index contributed by atoms with van der Waals surface area (Å²) in [7, 11) is 0. The summed E-state index contributed by atoms with van der Waals surface area (Å²) in [6.45, 7) is 0.865. The molecule has 82 valence electrons. The number of nitrogens with one attached hydrogen (secondary N) is 1. The van der Waals surface area contributed by atoms with Gasteiger partial charge >= 0.3 is 0 Å². The number of unbranched alkanes of at least 4 members (excludes halogenated alkanes) is 2. The molecule has 0 aromatic carbocycles. The third-order valence-electron chi connectivity index (χ3n) is 2.04. The van der Waals surface area contributed by atoms with Gasteiger partial charge in [-0.15, -0.1) is 0 Å². The lowest BCUT2D eigenvalue weighted by Crippen LogP contribution is -2.24. The zero-order valence-corrected chi connectivity index (χ0v) is 8.65. The van der Waals surface area contributed by atoms with Crippen LogP contribution >= 0.6 is 0 Å². The Bertz CT molecular complexity index is 288. The van der Waals surface area contributed by atoms with Gasteiger partial charge in [-0.2, -0.15) is 0 Å². The zero-order valence-electron chi connectivity index (χ0n) is 8.65. The Morgan fingerprint density at radius 1 is 1.40 bits per heavy atom. The fourth-order valence-electron chi connectivity index (χ4n) is 1.21. The summed E-state index contributed by atoms with van der Waals surface area (Å²) in [5.74, 6) is -0.0906. The summed E-state index contributed by atoms with van der Waals surface area (Å²) in [4.78, 5) is 15.3. The van der Waals surface area contributed by atoms with Gasteiger partial charge < -0.3 is 10.4 Å². The number of aliphatic hydroxyl groups is 1. The molecule has 0 bridgehead atoms. The molecular formula is C11H16N2O2. The lowest BCUT2D eigenvalue weighted by Gasteiger charge is -2.03. The van der Waals surface area contributed by atoms with Crippen molar-refractivity contribution in [2.24, 2.45) is 0 Å². The molecule has 0 aliphatic carbocycles. The predicted molar refractivity (Wildman–Crippen MR) is 57.5 cm³/mol. The lowest BCUT2D eigenvalue weighted by atomic mass is 10.2. The molecule has 4 heteroatoms. The minimum atomic E-state index is -0.0906. The molecule has 1 aromatic heterocycles. The normalized spacial score (nSPS) is 9.93. The second-order valence-corrected chi connectivity index (χ2v) is 3.28. The highest BCUT2D eigenvalue weighted by atomic mass is 16.2. The van der Waals surface area contributed by atoms with E-state index in [9.17, 15) is 4.79 Å². The number of hydrogen-bond donors (Lipinski definition) is 2. The van der Waals surface area contributed by atoms with Crippen LogP contribution in [0, 0.1) is 0 Å². The topological polar surface area (TPSA) is 62.2 Å². The van der Waals surface area contributed by atoms with Gasteiger partial charge in [-0.3, -0.25) is 9.78 Å². The van der Waals surface area contributed by atoms with Crippen molar-refractivity contribution < 1.29 is 9.90 Å². The van der Waals surface area contributed by atoms with Crippen molar-refractivity contribution in [2.75, 3.05) is 13.2 Å². The first-order chi connectivity index (χ1) is 7.34. The van der Waals surface area contributed by atoms with Crippen LogP contribution in [0.2, 0.25) is 0 Å². The quantitative estimate of drug-likeness (QED) is 0.685. The molecule has 15 heavy (non-hydrogen) atoms. The minimum Gasteiger partial charge on any atom is -0.396 e. The first-order valence-corrected chi connectivity index (χ1v) is 5.13. The molecule has 0 spiro atoms. The van der Waals surface area contributed by atoms with E-state index in [2.05, 4.69) is 10.3 Å². The predicted octanol–water partition coefficient (Wildman–Crippen LogP) is 0.974. The third kappa shape index (κ3) is 4.56. The Morgan fingerprint density at radius 2 is 2.27 bits per heavy atom. The minimum absolute atomic E-state index is 0.0906. The molecule has 1 heterocycles. The van der Waals surface area contributed by atoms with Crippen molar-refractivity contribution in [1.82, 2.24) is 10.3 Å². The van der Waals surface area contributed by atoms with Crippen LogP contribution in [0.5, 0.6) is 0 Å². The van der Waals surface area contributed by atoms with E-state index in [-0.39, 0.29) is 12.5 Å². The smallest absolute Gasteiger partial charge is 0.252 e. The SMILES string of the molecule is O=C(NCCCCCO)c1cccnc1. The van der Waals surface area contributed by atoms with E-state index in [4.69, 9.17) is 5.11 Å². The molecule has 0 aliphatic heterocycles. The number of aromatic nitrogens is 1. The highest BCUT2D eigenvalue weighted by molar-refractivity contribution is 5.93. The first-order valence-electron chi connectivity index (χ1n) is 5.13. The van der Waals surface area contributed by atoms with Crippen LogP contribution in [-0.2, 0) is 0 Å². The summed E-state index contributed by atoms with van der Waals surface area (Å²) in [6.07, 6.45) is 5.81. The van der Waals surface area contributed by atoms with Crippen molar-refractivity contribution in [3.8, 4) is 0 Å². The molecule has 1 amide bonds. The Hall–Kier alpha value is -1.42. The largest absolute Gasteiger partial charge is 0.396 e. The van der Waals surface area contributed by atoms with Crippen molar-refractivity contribution in [3.63, 3.8) is 0 Å². The molecule has 2 N–H and O–H groups in total. The fourth-order valence-corrected chi connectivity index (χ4v) is 1.21. The van der Waals surface area contributed by atoms with E-state index < -0.39 is 0 Å². The van der Waals surface area contributed by atoms with Gasteiger partial charge in [-0.05, 0) is 31.4 Å². The lowest BCUT2D eigenvalue weighted by molar-refractivity contribution is 0.0952. The number of aliphatic hydroxyl groups excluding tert-OH is 1. The molecule has 0 fully saturated rings. The van der Waals surface area contributed by atoms with Crippen LogP contribution in [0.3, 0.4) is 0 Å². The number of pyridine rings is 1. The summed E-state index contributed by atoms with van der Waals surface area (Å²) in [5, 5.41) is 11.4. The van der Waals surface area contributed by atoms with E-state index in [1.54, 1.807) is 24.5 Å². The van der Waals surface area contributed by atoms with Gasteiger partial charge in [-0.1, -0.05) is 0 Å². The van der Waals surface area contributed by atoms with Crippen molar-refractivity contribution >= 4 is 5.91 Å². The van der Waals surface area contributed by atoms with Gasteiger partial charge in [0.15, 0.2) is 0 Å². The summed E-state index contributed by atoms with van der Waals surface area (Å²) >= 11 is 0. The Labute approximate surface area is 89.3 Å². The van der Waals surface area contributed by atoms with Crippen LogP contribution in [-0.4, -0.2) is 29.1 Å². The highest BCUT2D eigenvalue weighted by Crippen LogP contribution is 1.96. The van der Waals surface area contributed by atoms with Gasteiger partial charge in [0.25, 0.3) is 5.91 Å². The van der Waals surface area contributed by atoms with E-state index in [0.29, 0.717) is 12.1 Å². The molecule has 1 rings (SSSR count). The van der Waals surface area contributed by atoms with Gasteiger partial charge in [0, 0.05) is 25.5 Å². The van der Waals surface area contributed by atoms with Gasteiger partial charge in [0.05, 0.1) is 5.56 Å². The monoisotopic (exact) mass is 208 g/mol. The zero-order chi connectivity index (χ0) is 10.9. The molecule has 0 radical (unpaired) electrons. The number of amides is 1. The Kier molecular flexibility index (Phi) is 5.40. The van der Waals surface area contributed by atoms with Crippen LogP contribution < -0.4 is 5.32 Å². The molecule has 0 atom stereocenters. The Balaban J connectivity index is 2.20. The molecule has 0 saturated heterocycles. The van der Waals surface area contributed by atoms with Crippen molar-refractivity contribution in [1.29, 1.82) is 0 Å². The maximum Gasteiger partial charge on any atom is 0.252 e. The van der Waals surface area contributed by atoms with Gasteiger partial charge in [0.2, 0.25) is 0 Å². The molecule has 4 nitrogen and oxygen atoms in total. The Morgan fingerprint density at radius 3 is 2.93 bits per heavy atom. The summed E-state index contributed by atoms with van der Waals surface area (Å²) in [5.41, 5.74) is 0.583. The number of carbonyl (C=O) groups excluding carboxylic acids is 1. The molecule has 0 saturated carbocycles. The summed E-state index contributed by atoms with van der Waals surface area (Å²) in [6, 6.07) is 3.47. The van der Waals surface area contributed by atoms with E-state index >= 15 is 0 Å². The fraction of sp³-hybridized carbons (Fsp3) is 0.455.